The van der Waals surface area contributed by atoms with Crippen molar-refractivity contribution in [3.63, 3.8) is 0 Å². The summed E-state index contributed by atoms with van der Waals surface area (Å²) in [5, 5.41) is 5.37. The van der Waals surface area contributed by atoms with Crippen molar-refractivity contribution in [1.29, 1.82) is 0 Å². The molecule has 1 aliphatic rings. The third-order valence-corrected chi connectivity index (χ3v) is 6.62. The van der Waals surface area contributed by atoms with Gasteiger partial charge in [0.05, 0.1) is 11.5 Å². The zero-order chi connectivity index (χ0) is 18.6. The Bertz CT molecular complexity index is 688. The molecule has 1 atom stereocenters. The molecular weight excluding hydrogens is 340 g/mol. The van der Waals surface area contributed by atoms with Gasteiger partial charge in [-0.2, -0.15) is 0 Å². The molecule has 0 radical (unpaired) electrons. The van der Waals surface area contributed by atoms with Crippen LogP contribution in [0.1, 0.15) is 50.1 Å². The molecule has 1 aromatic heterocycles. The van der Waals surface area contributed by atoms with E-state index >= 15 is 0 Å². The first-order valence-electron chi connectivity index (χ1n) is 9.59. The van der Waals surface area contributed by atoms with Gasteiger partial charge in [-0.25, -0.2) is 0 Å². The number of carbonyl (C=O) groups is 1. The lowest BCUT2D eigenvalue weighted by molar-refractivity contribution is -0.126. The van der Waals surface area contributed by atoms with E-state index in [4.69, 9.17) is 0 Å². The van der Waals surface area contributed by atoms with E-state index in [0.29, 0.717) is 6.54 Å². The number of rotatable bonds is 6. The highest BCUT2D eigenvalue weighted by Gasteiger charge is 2.31. The van der Waals surface area contributed by atoms with Crippen LogP contribution in [-0.2, 0) is 10.2 Å². The number of nitrogens with zero attached hydrogens (tertiary/aromatic N) is 1. The minimum atomic E-state index is -0.530. The molecule has 2 aromatic rings. The maximum absolute atomic E-state index is 12.9. The predicted molar refractivity (Wildman–Crippen MR) is 110 cm³/mol. The Morgan fingerprint density at radius 2 is 1.88 bits per heavy atom. The number of thiophene rings is 1. The Morgan fingerprint density at radius 1 is 1.19 bits per heavy atom. The summed E-state index contributed by atoms with van der Waals surface area (Å²) < 4.78 is 0. The molecule has 1 amide bonds. The van der Waals surface area contributed by atoms with Crippen LogP contribution in [0.15, 0.2) is 47.8 Å². The van der Waals surface area contributed by atoms with Crippen LogP contribution in [0.4, 0.5) is 0 Å². The smallest absolute Gasteiger partial charge is 0.230 e. The van der Waals surface area contributed by atoms with Crippen molar-refractivity contribution in [2.45, 2.75) is 45.1 Å². The van der Waals surface area contributed by atoms with Gasteiger partial charge >= 0.3 is 0 Å². The van der Waals surface area contributed by atoms with E-state index in [9.17, 15) is 4.79 Å². The number of amides is 1. The monoisotopic (exact) mass is 370 g/mol. The highest BCUT2D eigenvalue weighted by Crippen LogP contribution is 2.30. The molecule has 1 saturated heterocycles. The lowest BCUT2D eigenvalue weighted by atomic mass is 9.83. The van der Waals surface area contributed by atoms with Crippen LogP contribution in [0.5, 0.6) is 0 Å². The van der Waals surface area contributed by atoms with Gasteiger partial charge in [-0.3, -0.25) is 9.69 Å². The van der Waals surface area contributed by atoms with E-state index in [-0.39, 0.29) is 11.9 Å². The molecule has 2 heterocycles. The molecule has 0 saturated carbocycles. The Labute approximate surface area is 161 Å². The molecular formula is C22H30N2OS. The molecule has 3 nitrogen and oxygen atoms in total. The van der Waals surface area contributed by atoms with Gasteiger partial charge in [-0.1, -0.05) is 43.3 Å². The second kappa shape index (κ2) is 8.36. The summed E-state index contributed by atoms with van der Waals surface area (Å²) in [5.74, 6) is 0.900. The average molecular weight is 371 g/mol. The number of nitrogens with one attached hydrogen (secondary N) is 1. The molecule has 0 spiro atoms. The number of carbonyl (C=O) groups excluding carboxylic acids is 1. The van der Waals surface area contributed by atoms with Crippen LogP contribution < -0.4 is 5.32 Å². The third-order valence-electron chi connectivity index (χ3n) is 5.65. The Balaban J connectivity index is 1.69. The molecule has 26 heavy (non-hydrogen) atoms. The molecule has 3 rings (SSSR count). The molecule has 0 aliphatic carbocycles. The van der Waals surface area contributed by atoms with E-state index in [1.54, 1.807) is 11.3 Å². The Morgan fingerprint density at radius 3 is 2.50 bits per heavy atom. The van der Waals surface area contributed by atoms with Gasteiger partial charge < -0.3 is 5.32 Å². The molecule has 1 aromatic carbocycles. The first-order chi connectivity index (χ1) is 12.5. The number of piperidine rings is 1. The largest absolute Gasteiger partial charge is 0.353 e. The summed E-state index contributed by atoms with van der Waals surface area (Å²) in [6.45, 7) is 9.23. The van der Waals surface area contributed by atoms with E-state index < -0.39 is 5.41 Å². The van der Waals surface area contributed by atoms with Crippen molar-refractivity contribution >= 4 is 17.2 Å². The lowest BCUT2D eigenvalue weighted by Crippen LogP contribution is -2.46. The van der Waals surface area contributed by atoms with Crippen LogP contribution in [0.2, 0.25) is 0 Å². The lowest BCUT2D eigenvalue weighted by Gasteiger charge is -2.37. The van der Waals surface area contributed by atoms with Crippen molar-refractivity contribution < 1.29 is 4.79 Å². The summed E-state index contributed by atoms with van der Waals surface area (Å²) in [4.78, 5) is 16.8. The maximum atomic E-state index is 12.9. The Kier molecular flexibility index (Phi) is 6.15. The number of benzene rings is 1. The first-order valence-corrected chi connectivity index (χ1v) is 10.5. The predicted octanol–water partition coefficient (Wildman–Crippen LogP) is 4.62. The van der Waals surface area contributed by atoms with Crippen molar-refractivity contribution in [3.8, 4) is 0 Å². The minimum Gasteiger partial charge on any atom is -0.353 e. The van der Waals surface area contributed by atoms with Crippen molar-refractivity contribution in [2.24, 2.45) is 5.92 Å². The topological polar surface area (TPSA) is 32.3 Å². The number of hydrogen-bond donors (Lipinski definition) is 1. The number of likely N-dealkylation sites (tertiary alicyclic amines) is 1. The molecule has 1 aliphatic heterocycles. The second-order valence-corrected chi connectivity index (χ2v) is 8.93. The molecule has 4 heteroatoms. The van der Waals surface area contributed by atoms with Crippen LogP contribution in [0.25, 0.3) is 0 Å². The quantitative estimate of drug-likeness (QED) is 0.805. The average Bonchev–Trinajstić information content (AvgIpc) is 3.18. The normalized spacial score (nSPS) is 17.8. The minimum absolute atomic E-state index is 0.0932. The van der Waals surface area contributed by atoms with Gasteiger partial charge in [0.15, 0.2) is 0 Å². The van der Waals surface area contributed by atoms with Crippen LogP contribution >= 0.6 is 11.3 Å². The molecule has 0 unspecified atom stereocenters. The maximum Gasteiger partial charge on any atom is 0.230 e. The summed E-state index contributed by atoms with van der Waals surface area (Å²) in [5.41, 5.74) is 0.523. The Hall–Kier alpha value is -1.65. The number of hydrogen-bond acceptors (Lipinski definition) is 3. The van der Waals surface area contributed by atoms with E-state index in [2.05, 4.69) is 34.7 Å². The fourth-order valence-electron chi connectivity index (χ4n) is 3.63. The van der Waals surface area contributed by atoms with Gasteiger partial charge in [-0.15, -0.1) is 11.3 Å². The second-order valence-electron chi connectivity index (χ2n) is 7.95. The zero-order valence-electron chi connectivity index (χ0n) is 16.1. The van der Waals surface area contributed by atoms with Gasteiger partial charge in [0.25, 0.3) is 0 Å². The van der Waals surface area contributed by atoms with Crippen molar-refractivity contribution in [2.75, 3.05) is 19.6 Å². The molecule has 1 N–H and O–H groups in total. The van der Waals surface area contributed by atoms with Gasteiger partial charge in [-0.05, 0) is 62.7 Å². The fraction of sp³-hybridized carbons (Fsp3) is 0.500. The summed E-state index contributed by atoms with van der Waals surface area (Å²) in [7, 11) is 0. The summed E-state index contributed by atoms with van der Waals surface area (Å²) in [6, 6.07) is 14.6. The van der Waals surface area contributed by atoms with Crippen LogP contribution in [-0.4, -0.2) is 30.4 Å². The molecule has 1 fully saturated rings. The van der Waals surface area contributed by atoms with E-state index in [0.717, 1.165) is 24.6 Å². The van der Waals surface area contributed by atoms with Crippen LogP contribution in [0.3, 0.4) is 0 Å². The summed E-state index contributed by atoms with van der Waals surface area (Å²) in [6.07, 6.45) is 2.48. The highest BCUT2D eigenvalue weighted by molar-refractivity contribution is 7.10. The highest BCUT2D eigenvalue weighted by atomic mass is 32.1. The first kappa shape index (κ1) is 19.1. The molecule has 140 valence electrons. The van der Waals surface area contributed by atoms with Gasteiger partial charge in [0, 0.05) is 11.4 Å². The van der Waals surface area contributed by atoms with Gasteiger partial charge in [0.1, 0.15) is 0 Å². The van der Waals surface area contributed by atoms with Crippen LogP contribution in [0, 0.1) is 5.92 Å². The van der Waals surface area contributed by atoms with Crippen molar-refractivity contribution in [1.82, 2.24) is 10.2 Å². The SMILES string of the molecule is CC1CCN([C@@H](CNC(=O)C(C)(C)c2ccccc2)c2cccs2)CC1. The van der Waals surface area contributed by atoms with Crippen molar-refractivity contribution in [3.05, 3.63) is 58.3 Å². The zero-order valence-corrected chi connectivity index (χ0v) is 16.9. The molecule has 0 bridgehead atoms. The fourth-order valence-corrected chi connectivity index (χ4v) is 4.49. The van der Waals surface area contributed by atoms with E-state index in [1.165, 1.54) is 17.7 Å². The third kappa shape index (κ3) is 4.36. The van der Waals surface area contributed by atoms with Gasteiger partial charge in [0.2, 0.25) is 5.91 Å². The standard InChI is InChI=1S/C22H30N2OS/c1-17-11-13-24(14-12-17)19(20-10-7-15-26-20)16-23-21(25)22(2,3)18-8-5-4-6-9-18/h4-10,15,17,19H,11-14,16H2,1-3H3,(H,23,25)/t19-/m0/s1. The van der Waals surface area contributed by atoms with E-state index in [1.807, 2.05) is 44.2 Å². The summed E-state index contributed by atoms with van der Waals surface area (Å²) >= 11 is 1.79.